The Bertz CT molecular complexity index is 2310. The van der Waals surface area contributed by atoms with E-state index in [0.717, 1.165) is 44.5 Å². The van der Waals surface area contributed by atoms with E-state index in [2.05, 4.69) is 6.07 Å². The lowest BCUT2D eigenvalue weighted by Crippen LogP contribution is -2.18. The molecule has 6 heteroatoms. The fourth-order valence-electron chi connectivity index (χ4n) is 7.23. The van der Waals surface area contributed by atoms with Gasteiger partial charge in [0, 0.05) is 36.8 Å². The molecule has 55 heavy (non-hydrogen) atoms. The van der Waals surface area contributed by atoms with Crippen LogP contribution in [0.5, 0.6) is 17.2 Å². The van der Waals surface area contributed by atoms with Crippen LogP contribution in [0.15, 0.2) is 169 Å². The highest BCUT2D eigenvalue weighted by atomic mass is 16.5. The molecule has 0 aliphatic heterocycles. The summed E-state index contributed by atoms with van der Waals surface area (Å²) in [4.78, 5) is 40.7. The molecule has 0 radical (unpaired) electrons. The molecular formula is C49H38O6. The van der Waals surface area contributed by atoms with Crippen LogP contribution in [0.4, 0.5) is 0 Å². The summed E-state index contributed by atoms with van der Waals surface area (Å²) in [6, 6.07) is 46.6. The maximum Gasteiger partial charge on any atom is 0.343 e. The van der Waals surface area contributed by atoms with Gasteiger partial charge in [-0.2, -0.15) is 0 Å². The van der Waals surface area contributed by atoms with Crippen molar-refractivity contribution in [2.24, 2.45) is 0 Å². The van der Waals surface area contributed by atoms with Crippen molar-refractivity contribution in [2.75, 3.05) is 0 Å². The van der Waals surface area contributed by atoms with E-state index in [-0.39, 0.29) is 24.4 Å². The van der Waals surface area contributed by atoms with Crippen molar-refractivity contribution >= 4 is 17.5 Å². The fraction of sp³-hybridized carbons (Fsp3) is 0.122. The molecule has 0 amide bonds. The van der Waals surface area contributed by atoms with E-state index in [9.17, 15) is 14.4 Å². The average Bonchev–Trinajstić information content (AvgIpc) is 3.20. The molecule has 6 aromatic carbocycles. The smallest absolute Gasteiger partial charge is 0.343 e. The molecule has 8 bridgehead atoms. The second-order valence-electron chi connectivity index (χ2n) is 13.9. The molecule has 2 aliphatic rings. The van der Waals surface area contributed by atoms with Crippen molar-refractivity contribution in [3.8, 4) is 17.2 Å². The summed E-state index contributed by atoms with van der Waals surface area (Å²) in [7, 11) is 0. The molecule has 270 valence electrons. The van der Waals surface area contributed by atoms with Gasteiger partial charge in [-0.15, -0.1) is 0 Å². The number of Topliss-reactive ketones (excluding diaryl/α,β-unsaturated/α-hetero) is 1. The third kappa shape index (κ3) is 8.40. The Morgan fingerprint density at radius 1 is 0.491 bits per heavy atom. The van der Waals surface area contributed by atoms with Crippen molar-refractivity contribution in [2.45, 2.75) is 38.9 Å². The van der Waals surface area contributed by atoms with Gasteiger partial charge in [0.05, 0.1) is 5.56 Å². The van der Waals surface area contributed by atoms with E-state index < -0.39 is 5.97 Å². The quantitative estimate of drug-likeness (QED) is 0.0886. The molecule has 0 fully saturated rings. The van der Waals surface area contributed by atoms with Crippen LogP contribution >= 0.6 is 0 Å². The van der Waals surface area contributed by atoms with Gasteiger partial charge >= 0.3 is 5.97 Å². The number of allylic oxidation sites excluding steroid dienone is 4. The van der Waals surface area contributed by atoms with Crippen molar-refractivity contribution in [3.63, 3.8) is 0 Å². The predicted molar refractivity (Wildman–Crippen MR) is 211 cm³/mol. The minimum absolute atomic E-state index is 0.166. The number of ether oxygens (including phenoxy) is 3. The van der Waals surface area contributed by atoms with Gasteiger partial charge in [0.15, 0.2) is 11.6 Å². The molecule has 0 atom stereocenters. The molecule has 8 rings (SSSR count). The molecule has 0 N–H and O–H groups in total. The van der Waals surface area contributed by atoms with Crippen molar-refractivity contribution < 1.29 is 28.6 Å². The molecule has 6 nitrogen and oxygen atoms in total. The van der Waals surface area contributed by atoms with Crippen LogP contribution in [0.25, 0.3) is 0 Å². The highest BCUT2D eigenvalue weighted by molar-refractivity contribution is 6.20. The van der Waals surface area contributed by atoms with Crippen LogP contribution in [-0.4, -0.2) is 17.5 Å². The maximum atomic E-state index is 14.2. The van der Waals surface area contributed by atoms with E-state index >= 15 is 0 Å². The lowest BCUT2D eigenvalue weighted by molar-refractivity contribution is -0.115. The summed E-state index contributed by atoms with van der Waals surface area (Å²) in [5.74, 6) is 0.921. The number of carbonyl (C=O) groups excluding carboxylic acids is 3. The third-order valence-electron chi connectivity index (χ3n) is 9.82. The molecule has 0 spiro atoms. The second kappa shape index (κ2) is 16.1. The lowest BCUT2D eigenvalue weighted by atomic mass is 9.86. The number of fused-ring (bicyclic) bond motifs is 8. The van der Waals surface area contributed by atoms with Gasteiger partial charge in [0.1, 0.15) is 30.5 Å². The fourth-order valence-corrected chi connectivity index (χ4v) is 7.23. The molecule has 6 aromatic rings. The number of benzene rings is 6. The number of esters is 1. The molecule has 0 saturated heterocycles. The van der Waals surface area contributed by atoms with Gasteiger partial charge in [-0.3, -0.25) is 9.59 Å². The number of hydrogen-bond acceptors (Lipinski definition) is 6. The summed E-state index contributed by atoms with van der Waals surface area (Å²) < 4.78 is 19.2. The molecule has 0 unspecified atom stereocenters. The topological polar surface area (TPSA) is 78.9 Å². The van der Waals surface area contributed by atoms with Gasteiger partial charge in [0.25, 0.3) is 0 Å². The molecular weight excluding hydrogens is 685 g/mol. The zero-order valence-electron chi connectivity index (χ0n) is 30.2. The second-order valence-corrected chi connectivity index (χ2v) is 13.9. The summed E-state index contributed by atoms with van der Waals surface area (Å²) in [5.41, 5.74) is 8.52. The molecule has 0 saturated carbocycles. The Balaban J connectivity index is 1.25. The van der Waals surface area contributed by atoms with Crippen molar-refractivity contribution in [1.82, 2.24) is 0 Å². The minimum atomic E-state index is -0.444. The largest absolute Gasteiger partial charge is 0.488 e. The van der Waals surface area contributed by atoms with Gasteiger partial charge in [0.2, 0.25) is 0 Å². The van der Waals surface area contributed by atoms with E-state index in [4.69, 9.17) is 14.2 Å². The molecule has 0 aromatic heterocycles. The number of ketones is 2. The first kappa shape index (κ1) is 35.3. The number of para-hydroxylation sites is 2. The highest BCUT2D eigenvalue weighted by Crippen LogP contribution is 2.36. The van der Waals surface area contributed by atoms with E-state index in [1.165, 1.54) is 12.2 Å². The lowest BCUT2D eigenvalue weighted by Gasteiger charge is -2.21. The Labute approximate surface area is 320 Å². The van der Waals surface area contributed by atoms with Gasteiger partial charge in [-0.25, -0.2) is 4.79 Å². The standard InChI is InChI=1S/C49H38O6/c50-44-29-42-27-40-20-10-18-38(47(40)53-31-33-12-4-1-5-13-33)23-35-22-36(26-45(25-35)55-49(52)37-16-8-3-9-17-37)24-39-19-11-21-41(28-43(30-44)46(42)51)48(39)54-32-34-14-6-2-7-15-34/h1-22,25-26,29-30H,23-24,27-28,31-32H2. The first-order chi connectivity index (χ1) is 26.9. The van der Waals surface area contributed by atoms with Gasteiger partial charge in [-0.1, -0.05) is 121 Å². The van der Waals surface area contributed by atoms with Gasteiger partial charge in [-0.05, 0) is 80.9 Å². The normalized spacial score (nSPS) is 13.7. The Hall–Kier alpha value is -6.79. The molecule has 0 heterocycles. The van der Waals surface area contributed by atoms with Gasteiger partial charge < -0.3 is 14.2 Å². The van der Waals surface area contributed by atoms with E-state index in [1.54, 1.807) is 12.1 Å². The Kier molecular flexibility index (Phi) is 10.3. The Morgan fingerprint density at radius 2 is 0.927 bits per heavy atom. The van der Waals surface area contributed by atoms with Crippen LogP contribution in [0, 0.1) is 0 Å². The SMILES string of the molecule is O=C1C=C2Cc3cccc(c3OCc3ccccc3)Cc3cc(cc(OC(=O)c4ccccc4)c3)Cc3cccc(c3OCc3ccccc3)CC(=C1)C2=O. The maximum absolute atomic E-state index is 14.2. The zero-order valence-corrected chi connectivity index (χ0v) is 30.2. The van der Waals surface area contributed by atoms with E-state index in [0.29, 0.717) is 60.0 Å². The third-order valence-corrected chi connectivity index (χ3v) is 9.82. The number of carbonyl (C=O) groups is 3. The monoisotopic (exact) mass is 722 g/mol. The highest BCUT2D eigenvalue weighted by Gasteiger charge is 2.26. The van der Waals surface area contributed by atoms with Crippen LogP contribution in [-0.2, 0) is 48.5 Å². The van der Waals surface area contributed by atoms with Crippen molar-refractivity contribution in [1.29, 1.82) is 0 Å². The summed E-state index contributed by atoms with van der Waals surface area (Å²) >= 11 is 0. The predicted octanol–water partition coefficient (Wildman–Crippen LogP) is 9.35. The van der Waals surface area contributed by atoms with Crippen LogP contribution < -0.4 is 14.2 Å². The number of hydrogen-bond donors (Lipinski definition) is 0. The number of rotatable bonds is 8. The van der Waals surface area contributed by atoms with Crippen LogP contribution in [0.3, 0.4) is 0 Å². The summed E-state index contributed by atoms with van der Waals surface area (Å²) in [6.45, 7) is 0.643. The summed E-state index contributed by atoms with van der Waals surface area (Å²) in [5, 5.41) is 0. The van der Waals surface area contributed by atoms with Crippen LogP contribution in [0.2, 0.25) is 0 Å². The molecule has 2 aliphatic carbocycles. The van der Waals surface area contributed by atoms with Crippen molar-refractivity contribution in [3.05, 3.63) is 219 Å². The Morgan fingerprint density at radius 3 is 1.40 bits per heavy atom. The minimum Gasteiger partial charge on any atom is -0.488 e. The first-order valence-corrected chi connectivity index (χ1v) is 18.4. The first-order valence-electron chi connectivity index (χ1n) is 18.4. The average molecular weight is 723 g/mol. The zero-order chi connectivity index (χ0) is 37.6. The van der Waals surface area contributed by atoms with E-state index in [1.807, 2.05) is 127 Å². The summed E-state index contributed by atoms with van der Waals surface area (Å²) in [6.07, 6.45) is 4.24. The van der Waals surface area contributed by atoms with Crippen LogP contribution in [0.1, 0.15) is 54.9 Å².